The molecule has 1 aliphatic heterocycles. The maximum atomic E-state index is 11.7. The van der Waals surface area contributed by atoms with E-state index in [-0.39, 0.29) is 18.7 Å². The van der Waals surface area contributed by atoms with Crippen LogP contribution in [0.25, 0.3) is 0 Å². The van der Waals surface area contributed by atoms with Gasteiger partial charge in [-0.1, -0.05) is 0 Å². The summed E-state index contributed by atoms with van der Waals surface area (Å²) >= 11 is 3.95. The van der Waals surface area contributed by atoms with Crippen molar-refractivity contribution in [2.45, 2.75) is 44.6 Å². The molecule has 3 N–H and O–H groups in total. The number of imide groups is 1. The lowest BCUT2D eigenvalue weighted by Gasteiger charge is -2.16. The fraction of sp³-hybridized carbons (Fsp3) is 0.692. The lowest BCUT2D eigenvalue weighted by Crippen LogP contribution is -2.40. The van der Waals surface area contributed by atoms with Crippen LogP contribution in [-0.4, -0.2) is 47.1 Å². The zero-order chi connectivity index (χ0) is 16.5. The molecule has 3 amide bonds. The third kappa shape index (κ3) is 6.02. The molecule has 124 valence electrons. The zero-order valence-electron chi connectivity index (χ0n) is 12.2. The van der Waals surface area contributed by atoms with Crippen molar-refractivity contribution in [3.63, 3.8) is 0 Å². The van der Waals surface area contributed by atoms with Gasteiger partial charge in [-0.05, 0) is 25.0 Å². The molecule has 0 aliphatic carbocycles. The molecule has 1 fully saturated rings. The number of carbonyl (C=O) groups is 4. The first kappa shape index (κ1) is 18.4. The number of hydrogen-bond donors (Lipinski definition) is 3. The van der Waals surface area contributed by atoms with Gasteiger partial charge in [-0.3, -0.25) is 14.4 Å². The van der Waals surface area contributed by atoms with E-state index in [0.29, 0.717) is 43.0 Å². The molecule has 1 atom stereocenters. The standard InChI is InChI=1S/C13H21N3O5S/c14-9(3-1-2-7-15-10(17)6-8-22)13(20)21-16-11(18)4-5-12(16)19/h9,22H,1-8,14H2,(H,15,17). The highest BCUT2D eigenvalue weighted by Gasteiger charge is 2.33. The Bertz CT molecular complexity index is 427. The summed E-state index contributed by atoms with van der Waals surface area (Å²) in [5, 5.41) is 3.20. The summed E-state index contributed by atoms with van der Waals surface area (Å²) in [5.41, 5.74) is 5.65. The van der Waals surface area contributed by atoms with E-state index in [1.807, 2.05) is 0 Å². The number of nitrogens with two attached hydrogens (primary N) is 1. The Morgan fingerprint density at radius 3 is 2.50 bits per heavy atom. The topological polar surface area (TPSA) is 119 Å². The van der Waals surface area contributed by atoms with Gasteiger partial charge in [0, 0.05) is 25.8 Å². The monoisotopic (exact) mass is 331 g/mol. The fourth-order valence-corrected chi connectivity index (χ4v) is 2.04. The van der Waals surface area contributed by atoms with Gasteiger partial charge >= 0.3 is 5.97 Å². The van der Waals surface area contributed by atoms with Gasteiger partial charge in [0.25, 0.3) is 11.8 Å². The summed E-state index contributed by atoms with van der Waals surface area (Å²) in [6.45, 7) is 0.497. The van der Waals surface area contributed by atoms with E-state index in [1.54, 1.807) is 0 Å². The van der Waals surface area contributed by atoms with Gasteiger partial charge in [-0.25, -0.2) is 4.79 Å². The minimum absolute atomic E-state index is 0.0489. The molecular formula is C13H21N3O5S. The minimum Gasteiger partial charge on any atom is -0.356 e. The van der Waals surface area contributed by atoms with Gasteiger partial charge in [0.2, 0.25) is 5.91 Å². The van der Waals surface area contributed by atoms with Crippen molar-refractivity contribution < 1.29 is 24.0 Å². The quantitative estimate of drug-likeness (QED) is 0.298. The first-order valence-corrected chi connectivity index (χ1v) is 7.79. The third-order valence-corrected chi connectivity index (χ3v) is 3.32. The Morgan fingerprint density at radius 2 is 1.91 bits per heavy atom. The molecule has 0 radical (unpaired) electrons. The lowest BCUT2D eigenvalue weighted by atomic mass is 10.1. The first-order chi connectivity index (χ1) is 10.5. The van der Waals surface area contributed by atoms with E-state index < -0.39 is 23.8 Å². The molecule has 0 aromatic carbocycles. The van der Waals surface area contributed by atoms with Crippen LogP contribution < -0.4 is 11.1 Å². The largest absolute Gasteiger partial charge is 0.356 e. The Hall–Kier alpha value is -1.61. The van der Waals surface area contributed by atoms with Crippen LogP contribution in [-0.2, 0) is 24.0 Å². The molecule has 1 heterocycles. The predicted octanol–water partition coefficient (Wildman–Crippen LogP) is -0.473. The van der Waals surface area contributed by atoms with Crippen LogP contribution >= 0.6 is 12.6 Å². The molecule has 1 saturated heterocycles. The van der Waals surface area contributed by atoms with Crippen LogP contribution in [0.1, 0.15) is 38.5 Å². The second-order valence-electron chi connectivity index (χ2n) is 4.92. The SMILES string of the molecule is NC(CCCCNC(=O)CCS)C(=O)ON1C(=O)CCC1=O. The molecule has 0 aromatic rings. The number of carbonyl (C=O) groups excluding carboxylic acids is 4. The van der Waals surface area contributed by atoms with Crippen LogP contribution in [0.3, 0.4) is 0 Å². The molecule has 1 aliphatic rings. The maximum absolute atomic E-state index is 11.7. The van der Waals surface area contributed by atoms with Gasteiger partial charge in [-0.2, -0.15) is 12.6 Å². The summed E-state index contributed by atoms with van der Waals surface area (Å²) in [7, 11) is 0. The number of nitrogens with one attached hydrogen (secondary N) is 1. The van der Waals surface area contributed by atoms with Crippen molar-refractivity contribution in [3.8, 4) is 0 Å². The molecule has 22 heavy (non-hydrogen) atoms. The normalized spacial score (nSPS) is 15.8. The minimum atomic E-state index is -0.908. The van der Waals surface area contributed by atoms with Crippen LogP contribution in [0.15, 0.2) is 0 Å². The predicted molar refractivity (Wildman–Crippen MR) is 80.5 cm³/mol. The van der Waals surface area contributed by atoms with Crippen LogP contribution in [0.4, 0.5) is 0 Å². The van der Waals surface area contributed by atoms with Gasteiger partial charge in [-0.15, -0.1) is 5.06 Å². The van der Waals surface area contributed by atoms with Gasteiger partial charge < -0.3 is 15.9 Å². The number of hydrogen-bond acceptors (Lipinski definition) is 7. The highest BCUT2D eigenvalue weighted by Crippen LogP contribution is 2.13. The highest BCUT2D eigenvalue weighted by atomic mass is 32.1. The van der Waals surface area contributed by atoms with E-state index in [1.165, 1.54) is 0 Å². The van der Waals surface area contributed by atoms with Crippen molar-refractivity contribution in [1.82, 2.24) is 10.4 Å². The Balaban J connectivity index is 2.18. The maximum Gasteiger partial charge on any atom is 0.349 e. The number of rotatable bonds is 9. The van der Waals surface area contributed by atoms with Crippen LogP contribution in [0, 0.1) is 0 Å². The first-order valence-electron chi connectivity index (χ1n) is 7.16. The molecular weight excluding hydrogens is 310 g/mol. The van der Waals surface area contributed by atoms with Crippen molar-refractivity contribution in [3.05, 3.63) is 0 Å². The Kier molecular flexibility index (Phi) is 7.89. The van der Waals surface area contributed by atoms with Gasteiger partial charge in [0.05, 0.1) is 0 Å². The van der Waals surface area contributed by atoms with Crippen molar-refractivity contribution >= 4 is 36.3 Å². The number of amides is 3. The smallest absolute Gasteiger partial charge is 0.349 e. The molecule has 1 unspecified atom stereocenters. The number of thiol groups is 1. The second kappa shape index (κ2) is 9.42. The van der Waals surface area contributed by atoms with Gasteiger partial charge in [0.1, 0.15) is 6.04 Å². The third-order valence-electron chi connectivity index (χ3n) is 3.09. The van der Waals surface area contributed by atoms with Crippen molar-refractivity contribution in [2.24, 2.45) is 5.73 Å². The molecule has 1 rings (SSSR count). The molecule has 0 saturated carbocycles. The van der Waals surface area contributed by atoms with E-state index in [2.05, 4.69) is 17.9 Å². The number of unbranched alkanes of at least 4 members (excludes halogenated alkanes) is 1. The molecule has 0 aromatic heterocycles. The average molecular weight is 331 g/mol. The molecule has 8 nitrogen and oxygen atoms in total. The molecule has 0 bridgehead atoms. The summed E-state index contributed by atoms with van der Waals surface area (Å²) in [5.74, 6) is -1.43. The zero-order valence-corrected chi connectivity index (χ0v) is 13.1. The van der Waals surface area contributed by atoms with Crippen LogP contribution in [0.5, 0.6) is 0 Å². The Labute approximate surface area is 134 Å². The summed E-state index contributed by atoms with van der Waals surface area (Å²) in [6.07, 6.45) is 2.09. The van der Waals surface area contributed by atoms with E-state index in [0.717, 1.165) is 0 Å². The summed E-state index contributed by atoms with van der Waals surface area (Å²) < 4.78 is 0. The van der Waals surface area contributed by atoms with E-state index in [9.17, 15) is 19.2 Å². The molecule has 0 spiro atoms. The van der Waals surface area contributed by atoms with E-state index >= 15 is 0 Å². The van der Waals surface area contributed by atoms with Gasteiger partial charge in [0.15, 0.2) is 0 Å². The van der Waals surface area contributed by atoms with Crippen LogP contribution in [0.2, 0.25) is 0 Å². The summed E-state index contributed by atoms with van der Waals surface area (Å²) in [4.78, 5) is 50.2. The number of hydroxylamine groups is 2. The average Bonchev–Trinajstić information content (AvgIpc) is 2.78. The number of nitrogens with zero attached hydrogens (tertiary/aromatic N) is 1. The molecule has 9 heteroatoms. The fourth-order valence-electron chi connectivity index (χ4n) is 1.84. The van der Waals surface area contributed by atoms with Crippen molar-refractivity contribution in [1.29, 1.82) is 0 Å². The lowest BCUT2D eigenvalue weighted by molar-refractivity contribution is -0.198. The summed E-state index contributed by atoms with van der Waals surface area (Å²) in [6, 6.07) is -0.908. The van der Waals surface area contributed by atoms with E-state index in [4.69, 9.17) is 10.6 Å². The Morgan fingerprint density at radius 1 is 1.27 bits per heavy atom. The second-order valence-corrected chi connectivity index (χ2v) is 5.37. The van der Waals surface area contributed by atoms with Crippen molar-refractivity contribution in [2.75, 3.05) is 12.3 Å². The highest BCUT2D eigenvalue weighted by molar-refractivity contribution is 7.80.